The maximum atomic E-state index is 9.66. The molecule has 5 heteroatoms. The van der Waals surface area contributed by atoms with Crippen molar-refractivity contribution >= 4 is 0 Å². The minimum Gasteiger partial charge on any atom is -0.393 e. The van der Waals surface area contributed by atoms with Crippen molar-refractivity contribution in [3.8, 4) is 0 Å². The SMILES string of the molecule is Cc1noc([C@H]2C[C@H](CN)[C@H](O)C2)n1. The van der Waals surface area contributed by atoms with E-state index in [2.05, 4.69) is 10.1 Å². The van der Waals surface area contributed by atoms with Crippen LogP contribution in [0.5, 0.6) is 0 Å². The molecule has 0 saturated heterocycles. The van der Waals surface area contributed by atoms with Crippen LogP contribution >= 0.6 is 0 Å². The van der Waals surface area contributed by atoms with Crippen molar-refractivity contribution in [3.05, 3.63) is 11.7 Å². The number of rotatable bonds is 2. The third kappa shape index (κ3) is 1.65. The van der Waals surface area contributed by atoms with E-state index < -0.39 is 0 Å². The maximum Gasteiger partial charge on any atom is 0.229 e. The Morgan fingerprint density at radius 3 is 2.86 bits per heavy atom. The number of aryl methyl sites for hydroxylation is 1. The Labute approximate surface area is 82.3 Å². The van der Waals surface area contributed by atoms with Gasteiger partial charge in [-0.3, -0.25) is 0 Å². The van der Waals surface area contributed by atoms with E-state index in [1.165, 1.54) is 0 Å². The van der Waals surface area contributed by atoms with E-state index in [-0.39, 0.29) is 17.9 Å². The fraction of sp³-hybridized carbons (Fsp3) is 0.778. The predicted molar refractivity (Wildman–Crippen MR) is 49.6 cm³/mol. The zero-order chi connectivity index (χ0) is 10.1. The minimum absolute atomic E-state index is 0.173. The normalized spacial score (nSPS) is 32.4. The summed E-state index contributed by atoms with van der Waals surface area (Å²) in [5.74, 6) is 1.63. The van der Waals surface area contributed by atoms with Crippen LogP contribution in [0.3, 0.4) is 0 Å². The highest BCUT2D eigenvalue weighted by Crippen LogP contribution is 2.37. The van der Waals surface area contributed by atoms with Gasteiger partial charge in [0.2, 0.25) is 5.89 Å². The van der Waals surface area contributed by atoms with Crippen LogP contribution in [-0.4, -0.2) is 27.9 Å². The smallest absolute Gasteiger partial charge is 0.229 e. The Morgan fingerprint density at radius 2 is 2.36 bits per heavy atom. The molecule has 1 aliphatic carbocycles. The summed E-state index contributed by atoms with van der Waals surface area (Å²) in [4.78, 5) is 4.17. The highest BCUT2D eigenvalue weighted by Gasteiger charge is 2.35. The first-order valence-corrected chi connectivity index (χ1v) is 4.89. The second kappa shape index (κ2) is 3.67. The molecular formula is C9H15N3O2. The van der Waals surface area contributed by atoms with Crippen molar-refractivity contribution in [2.45, 2.75) is 31.8 Å². The van der Waals surface area contributed by atoms with Crippen LogP contribution in [-0.2, 0) is 0 Å². The van der Waals surface area contributed by atoms with Crippen molar-refractivity contribution in [2.24, 2.45) is 11.7 Å². The van der Waals surface area contributed by atoms with E-state index in [0.29, 0.717) is 24.7 Å². The molecule has 78 valence electrons. The molecule has 0 spiro atoms. The average molecular weight is 197 g/mol. The van der Waals surface area contributed by atoms with Gasteiger partial charge in [0, 0.05) is 5.92 Å². The van der Waals surface area contributed by atoms with Gasteiger partial charge < -0.3 is 15.4 Å². The van der Waals surface area contributed by atoms with E-state index in [1.807, 2.05) is 0 Å². The Kier molecular flexibility index (Phi) is 2.52. The van der Waals surface area contributed by atoms with Gasteiger partial charge in [0.25, 0.3) is 0 Å². The van der Waals surface area contributed by atoms with E-state index in [9.17, 15) is 5.11 Å². The van der Waals surface area contributed by atoms with Gasteiger partial charge in [0.05, 0.1) is 6.10 Å². The van der Waals surface area contributed by atoms with Gasteiger partial charge in [0.15, 0.2) is 5.82 Å². The lowest BCUT2D eigenvalue weighted by Gasteiger charge is -2.09. The molecule has 0 bridgehead atoms. The van der Waals surface area contributed by atoms with Crippen LogP contribution in [0.2, 0.25) is 0 Å². The summed E-state index contributed by atoms with van der Waals surface area (Å²) in [6.45, 7) is 2.31. The first-order chi connectivity index (χ1) is 6.70. The number of hydrogen-bond acceptors (Lipinski definition) is 5. The van der Waals surface area contributed by atoms with Gasteiger partial charge in [-0.25, -0.2) is 0 Å². The molecule has 1 fully saturated rings. The van der Waals surface area contributed by atoms with Crippen LogP contribution in [0.4, 0.5) is 0 Å². The van der Waals surface area contributed by atoms with Crippen molar-refractivity contribution < 1.29 is 9.63 Å². The van der Waals surface area contributed by atoms with Crippen molar-refractivity contribution in [3.63, 3.8) is 0 Å². The molecule has 5 nitrogen and oxygen atoms in total. The summed E-state index contributed by atoms with van der Waals surface area (Å²) < 4.78 is 5.08. The molecular weight excluding hydrogens is 182 g/mol. The molecule has 0 amide bonds. The first kappa shape index (κ1) is 9.61. The molecule has 0 aliphatic heterocycles. The zero-order valence-electron chi connectivity index (χ0n) is 8.18. The standard InChI is InChI=1S/C9H15N3O2/c1-5-11-9(14-12-5)6-2-7(4-10)8(13)3-6/h6-8,13H,2-4,10H2,1H3/t6-,7+,8+/m0/s1. The quantitative estimate of drug-likeness (QED) is 0.707. The lowest BCUT2D eigenvalue weighted by molar-refractivity contribution is 0.135. The molecule has 2 rings (SSSR count). The van der Waals surface area contributed by atoms with Crippen LogP contribution in [0.1, 0.15) is 30.5 Å². The van der Waals surface area contributed by atoms with Crippen LogP contribution < -0.4 is 5.73 Å². The van der Waals surface area contributed by atoms with Gasteiger partial charge in [-0.2, -0.15) is 4.98 Å². The van der Waals surface area contributed by atoms with E-state index >= 15 is 0 Å². The third-order valence-electron chi connectivity index (χ3n) is 2.85. The summed E-state index contributed by atoms with van der Waals surface area (Å²) in [7, 11) is 0. The van der Waals surface area contributed by atoms with Gasteiger partial charge in [-0.15, -0.1) is 0 Å². The second-order valence-electron chi connectivity index (χ2n) is 3.91. The summed E-state index contributed by atoms with van der Waals surface area (Å²) in [6.07, 6.45) is 1.21. The lowest BCUT2D eigenvalue weighted by Crippen LogP contribution is -2.21. The Balaban J connectivity index is 2.08. The second-order valence-corrected chi connectivity index (χ2v) is 3.91. The number of aromatic nitrogens is 2. The number of hydrogen-bond donors (Lipinski definition) is 2. The number of aliphatic hydroxyl groups is 1. The fourth-order valence-corrected chi connectivity index (χ4v) is 2.04. The maximum absolute atomic E-state index is 9.66. The molecule has 1 aromatic heterocycles. The number of nitrogens with two attached hydrogens (primary N) is 1. The van der Waals surface area contributed by atoms with Gasteiger partial charge in [0.1, 0.15) is 0 Å². The van der Waals surface area contributed by atoms with Gasteiger partial charge in [-0.05, 0) is 32.2 Å². The monoisotopic (exact) mass is 197 g/mol. The van der Waals surface area contributed by atoms with Crippen molar-refractivity contribution in [2.75, 3.05) is 6.54 Å². The molecule has 1 aromatic rings. The Bertz CT molecular complexity index is 313. The molecule has 0 unspecified atom stereocenters. The average Bonchev–Trinajstić information content (AvgIpc) is 2.71. The van der Waals surface area contributed by atoms with Crippen LogP contribution in [0.15, 0.2) is 4.52 Å². The summed E-state index contributed by atoms with van der Waals surface area (Å²) >= 11 is 0. The lowest BCUT2D eigenvalue weighted by atomic mass is 10.0. The first-order valence-electron chi connectivity index (χ1n) is 4.89. The van der Waals surface area contributed by atoms with Crippen LogP contribution in [0, 0.1) is 12.8 Å². The Hall–Kier alpha value is -0.940. The molecule has 0 radical (unpaired) electrons. The molecule has 3 N–H and O–H groups in total. The van der Waals surface area contributed by atoms with E-state index in [4.69, 9.17) is 10.3 Å². The van der Waals surface area contributed by atoms with Gasteiger partial charge in [-0.1, -0.05) is 5.16 Å². The minimum atomic E-state index is -0.322. The van der Waals surface area contributed by atoms with Crippen LogP contribution in [0.25, 0.3) is 0 Å². The molecule has 3 atom stereocenters. The highest BCUT2D eigenvalue weighted by molar-refractivity contribution is 5.00. The molecule has 1 aliphatic rings. The molecule has 0 aromatic carbocycles. The Morgan fingerprint density at radius 1 is 1.57 bits per heavy atom. The summed E-state index contributed by atoms with van der Waals surface area (Å²) in [5, 5.41) is 13.4. The van der Waals surface area contributed by atoms with Crippen molar-refractivity contribution in [1.82, 2.24) is 10.1 Å². The number of aliphatic hydroxyl groups excluding tert-OH is 1. The van der Waals surface area contributed by atoms with E-state index in [1.54, 1.807) is 6.92 Å². The van der Waals surface area contributed by atoms with Gasteiger partial charge >= 0.3 is 0 Å². The number of nitrogens with zero attached hydrogens (tertiary/aromatic N) is 2. The third-order valence-corrected chi connectivity index (χ3v) is 2.85. The zero-order valence-corrected chi connectivity index (χ0v) is 8.18. The predicted octanol–water partition coefficient (Wildman–Crippen LogP) is 0.191. The molecule has 1 saturated carbocycles. The summed E-state index contributed by atoms with van der Waals surface area (Å²) in [5.41, 5.74) is 5.54. The van der Waals surface area contributed by atoms with Crippen molar-refractivity contribution in [1.29, 1.82) is 0 Å². The fourth-order valence-electron chi connectivity index (χ4n) is 2.04. The highest BCUT2D eigenvalue weighted by atomic mass is 16.5. The largest absolute Gasteiger partial charge is 0.393 e. The molecule has 1 heterocycles. The summed E-state index contributed by atoms with van der Waals surface area (Å²) in [6, 6.07) is 0. The topological polar surface area (TPSA) is 85.2 Å². The van der Waals surface area contributed by atoms with E-state index in [0.717, 1.165) is 6.42 Å². The molecule has 14 heavy (non-hydrogen) atoms.